The molecule has 1 amide bonds. The number of aromatic nitrogens is 2. The van der Waals surface area contributed by atoms with Crippen molar-refractivity contribution in [2.75, 3.05) is 5.32 Å². The number of nitrogens with one attached hydrogen (secondary N) is 1. The number of hydrogen-bond donors (Lipinski definition) is 1. The molecule has 0 aromatic carbocycles. The van der Waals surface area contributed by atoms with Gasteiger partial charge in [0.05, 0.1) is 11.3 Å². The van der Waals surface area contributed by atoms with Crippen molar-refractivity contribution >= 4 is 23.2 Å². The van der Waals surface area contributed by atoms with Crippen LogP contribution in [-0.4, -0.2) is 15.9 Å². The number of rotatable bonds is 2. The van der Waals surface area contributed by atoms with Crippen LogP contribution in [0.3, 0.4) is 0 Å². The Morgan fingerprint density at radius 2 is 2.17 bits per heavy atom. The average molecular weight is 259 g/mol. The van der Waals surface area contributed by atoms with Crippen LogP contribution in [0.5, 0.6) is 0 Å². The van der Waals surface area contributed by atoms with E-state index in [1.54, 1.807) is 12.1 Å². The van der Waals surface area contributed by atoms with Crippen molar-refractivity contribution in [3.63, 3.8) is 0 Å². The molecule has 0 bridgehead atoms. The third-order valence-electron chi connectivity index (χ3n) is 2.13. The highest BCUT2D eigenvalue weighted by atomic mass is 35.5. The molecule has 2 aromatic heterocycles. The molecule has 88 valence electrons. The molecule has 0 unspecified atom stereocenters. The number of nitrogens with zero attached hydrogens (tertiary/aromatic N) is 3. The zero-order valence-corrected chi connectivity index (χ0v) is 9.85. The minimum atomic E-state index is -0.408. The minimum absolute atomic E-state index is 0.203. The first-order valence-electron chi connectivity index (χ1n) is 4.99. The molecule has 1 N–H and O–H groups in total. The van der Waals surface area contributed by atoms with Crippen molar-refractivity contribution < 1.29 is 4.79 Å². The van der Waals surface area contributed by atoms with E-state index in [9.17, 15) is 4.79 Å². The monoisotopic (exact) mass is 258 g/mol. The van der Waals surface area contributed by atoms with Gasteiger partial charge in [0.2, 0.25) is 0 Å². The summed E-state index contributed by atoms with van der Waals surface area (Å²) in [6, 6.07) is 8.21. The van der Waals surface area contributed by atoms with Gasteiger partial charge in [-0.1, -0.05) is 11.6 Å². The van der Waals surface area contributed by atoms with E-state index in [2.05, 4.69) is 15.3 Å². The van der Waals surface area contributed by atoms with Gasteiger partial charge in [-0.25, -0.2) is 9.97 Å². The fourth-order valence-corrected chi connectivity index (χ4v) is 1.43. The van der Waals surface area contributed by atoms with E-state index in [0.29, 0.717) is 11.3 Å². The van der Waals surface area contributed by atoms with E-state index >= 15 is 0 Å². The van der Waals surface area contributed by atoms with Crippen LogP contribution in [0.1, 0.15) is 16.1 Å². The number of halogens is 1. The van der Waals surface area contributed by atoms with E-state index in [1.807, 2.05) is 6.07 Å². The van der Waals surface area contributed by atoms with Gasteiger partial charge in [0.1, 0.15) is 11.8 Å². The first-order chi connectivity index (χ1) is 8.70. The standard InChI is InChI=1S/C12H7ClN4O/c13-11-9(2-1-5-15-11)17-12(18)10-4-3-8(6-14)7-16-10/h1-5,7H,(H,17,18). The second-order valence-corrected chi connectivity index (χ2v) is 3.70. The van der Waals surface area contributed by atoms with Crippen LogP contribution in [0.2, 0.25) is 5.15 Å². The van der Waals surface area contributed by atoms with Gasteiger partial charge in [-0.15, -0.1) is 0 Å². The normalized spacial score (nSPS) is 9.56. The molecule has 0 aliphatic carbocycles. The predicted molar refractivity (Wildman–Crippen MR) is 66.2 cm³/mol. The molecule has 0 aliphatic rings. The maximum absolute atomic E-state index is 11.8. The lowest BCUT2D eigenvalue weighted by atomic mass is 10.2. The molecule has 2 aromatic rings. The molecule has 2 heterocycles. The minimum Gasteiger partial charge on any atom is -0.318 e. The molecule has 0 saturated carbocycles. The predicted octanol–water partition coefficient (Wildman–Crippen LogP) is 2.25. The van der Waals surface area contributed by atoms with Crippen LogP contribution in [0.4, 0.5) is 5.69 Å². The Labute approximate surface area is 108 Å². The van der Waals surface area contributed by atoms with Crippen LogP contribution in [0, 0.1) is 11.3 Å². The molecule has 6 heteroatoms. The summed E-state index contributed by atoms with van der Waals surface area (Å²) < 4.78 is 0. The second kappa shape index (κ2) is 5.25. The highest BCUT2D eigenvalue weighted by Gasteiger charge is 2.09. The molecule has 0 atom stereocenters. The Kier molecular flexibility index (Phi) is 3.51. The van der Waals surface area contributed by atoms with Gasteiger partial charge in [0.15, 0.2) is 5.15 Å². The number of amides is 1. The summed E-state index contributed by atoms with van der Waals surface area (Å²) in [4.78, 5) is 19.5. The summed E-state index contributed by atoms with van der Waals surface area (Å²) >= 11 is 5.81. The average Bonchev–Trinajstić information content (AvgIpc) is 2.41. The molecule has 2 rings (SSSR count). The Hall–Kier alpha value is -2.45. The maximum Gasteiger partial charge on any atom is 0.274 e. The lowest BCUT2D eigenvalue weighted by molar-refractivity contribution is 0.102. The first-order valence-corrected chi connectivity index (χ1v) is 5.36. The van der Waals surface area contributed by atoms with Gasteiger partial charge in [-0.2, -0.15) is 5.26 Å². The Morgan fingerprint density at radius 3 is 2.78 bits per heavy atom. The molecule has 0 aliphatic heterocycles. The molecule has 0 fully saturated rings. The van der Waals surface area contributed by atoms with Crippen molar-refractivity contribution in [3.8, 4) is 6.07 Å². The quantitative estimate of drug-likeness (QED) is 0.838. The molecular formula is C12H7ClN4O. The topological polar surface area (TPSA) is 78.7 Å². The SMILES string of the molecule is N#Cc1ccc(C(=O)Nc2cccnc2Cl)nc1. The van der Waals surface area contributed by atoms with Crippen LogP contribution in [-0.2, 0) is 0 Å². The Balaban J connectivity index is 2.17. The van der Waals surface area contributed by atoms with Gasteiger partial charge in [0.25, 0.3) is 5.91 Å². The Morgan fingerprint density at radius 1 is 1.33 bits per heavy atom. The van der Waals surface area contributed by atoms with Gasteiger partial charge in [0, 0.05) is 12.4 Å². The van der Waals surface area contributed by atoms with Gasteiger partial charge in [-0.05, 0) is 24.3 Å². The number of anilines is 1. The summed E-state index contributed by atoms with van der Waals surface area (Å²) in [5.41, 5.74) is 1.01. The largest absolute Gasteiger partial charge is 0.318 e. The molecule has 0 radical (unpaired) electrons. The highest BCUT2D eigenvalue weighted by Crippen LogP contribution is 2.18. The highest BCUT2D eigenvalue weighted by molar-refractivity contribution is 6.32. The van der Waals surface area contributed by atoms with Crippen molar-refractivity contribution in [3.05, 3.63) is 53.1 Å². The van der Waals surface area contributed by atoms with Crippen molar-refractivity contribution in [1.82, 2.24) is 9.97 Å². The van der Waals surface area contributed by atoms with E-state index in [1.165, 1.54) is 24.5 Å². The number of nitriles is 1. The van der Waals surface area contributed by atoms with E-state index in [4.69, 9.17) is 16.9 Å². The summed E-state index contributed by atoms with van der Waals surface area (Å²) in [6.07, 6.45) is 2.86. The van der Waals surface area contributed by atoms with Gasteiger partial charge in [-0.3, -0.25) is 4.79 Å². The van der Waals surface area contributed by atoms with E-state index < -0.39 is 5.91 Å². The zero-order chi connectivity index (χ0) is 13.0. The maximum atomic E-state index is 11.8. The van der Waals surface area contributed by atoms with E-state index in [-0.39, 0.29) is 10.8 Å². The fourth-order valence-electron chi connectivity index (χ4n) is 1.26. The molecular weight excluding hydrogens is 252 g/mol. The third-order valence-corrected chi connectivity index (χ3v) is 2.43. The van der Waals surface area contributed by atoms with Crippen LogP contribution in [0.15, 0.2) is 36.7 Å². The summed E-state index contributed by atoms with van der Waals surface area (Å²) in [5, 5.41) is 11.4. The number of hydrogen-bond acceptors (Lipinski definition) is 4. The number of pyridine rings is 2. The smallest absolute Gasteiger partial charge is 0.274 e. The number of carbonyl (C=O) groups excluding carboxylic acids is 1. The first kappa shape index (κ1) is 12.0. The van der Waals surface area contributed by atoms with Crippen molar-refractivity contribution in [2.24, 2.45) is 0 Å². The van der Waals surface area contributed by atoms with Crippen molar-refractivity contribution in [1.29, 1.82) is 5.26 Å². The zero-order valence-electron chi connectivity index (χ0n) is 9.09. The van der Waals surface area contributed by atoms with Crippen LogP contribution in [0.25, 0.3) is 0 Å². The third kappa shape index (κ3) is 2.62. The van der Waals surface area contributed by atoms with Crippen LogP contribution < -0.4 is 5.32 Å². The van der Waals surface area contributed by atoms with E-state index in [0.717, 1.165) is 0 Å². The fraction of sp³-hybridized carbons (Fsp3) is 0. The number of carbonyl (C=O) groups is 1. The van der Waals surface area contributed by atoms with Gasteiger partial charge < -0.3 is 5.32 Å². The second-order valence-electron chi connectivity index (χ2n) is 3.34. The van der Waals surface area contributed by atoms with Crippen molar-refractivity contribution in [2.45, 2.75) is 0 Å². The molecule has 0 spiro atoms. The summed E-state index contributed by atoms with van der Waals surface area (Å²) in [6.45, 7) is 0. The van der Waals surface area contributed by atoms with Gasteiger partial charge >= 0.3 is 0 Å². The molecule has 0 saturated heterocycles. The summed E-state index contributed by atoms with van der Waals surface area (Å²) in [5.74, 6) is -0.408. The Bertz CT molecular complexity index is 619. The lowest BCUT2D eigenvalue weighted by Crippen LogP contribution is -2.14. The molecule has 18 heavy (non-hydrogen) atoms. The van der Waals surface area contributed by atoms with Crippen LogP contribution >= 0.6 is 11.6 Å². The lowest BCUT2D eigenvalue weighted by Gasteiger charge is -2.05. The summed E-state index contributed by atoms with van der Waals surface area (Å²) in [7, 11) is 0. The molecule has 5 nitrogen and oxygen atoms in total.